The van der Waals surface area contributed by atoms with Gasteiger partial charge in [0.2, 0.25) is 0 Å². The van der Waals surface area contributed by atoms with E-state index in [1.165, 1.54) is 0 Å². The van der Waals surface area contributed by atoms with Gasteiger partial charge >= 0.3 is 0 Å². The number of benzene rings is 4. The molecule has 6 nitrogen and oxygen atoms in total. The maximum Gasteiger partial charge on any atom is 0.196 e. The molecule has 1 aliphatic rings. The van der Waals surface area contributed by atoms with Crippen molar-refractivity contribution in [1.82, 2.24) is 5.16 Å². The lowest BCUT2D eigenvalue weighted by atomic mass is 9.86. The second kappa shape index (κ2) is 7.78. The van der Waals surface area contributed by atoms with Crippen LogP contribution < -0.4 is 14.8 Å². The second-order valence-corrected chi connectivity index (χ2v) is 8.18. The van der Waals surface area contributed by atoms with Gasteiger partial charge in [-0.15, -0.1) is 0 Å². The van der Waals surface area contributed by atoms with E-state index in [1.807, 2.05) is 79.7 Å². The van der Waals surface area contributed by atoms with Gasteiger partial charge in [0.05, 0.1) is 23.7 Å². The Morgan fingerprint density at radius 1 is 0.882 bits per heavy atom. The van der Waals surface area contributed by atoms with Gasteiger partial charge in [-0.3, -0.25) is 4.79 Å². The molecule has 0 spiro atoms. The van der Waals surface area contributed by atoms with Crippen LogP contribution in [-0.2, 0) is 0 Å². The Morgan fingerprint density at radius 2 is 1.59 bits per heavy atom. The van der Waals surface area contributed by atoms with Crippen molar-refractivity contribution in [2.45, 2.75) is 6.92 Å². The van der Waals surface area contributed by atoms with Crippen molar-refractivity contribution in [2.75, 3.05) is 12.4 Å². The van der Waals surface area contributed by atoms with Gasteiger partial charge in [0.1, 0.15) is 11.5 Å². The van der Waals surface area contributed by atoms with Crippen LogP contribution in [-0.4, -0.2) is 18.0 Å². The SMILES string of the molecule is COc1ccc(Oc2cc(Nc3ccc(C)cc3)c3c4c(onc24)-c2ccccc2C3=O)cc1. The van der Waals surface area contributed by atoms with Crippen LogP contribution in [0.25, 0.3) is 22.2 Å². The first-order valence-electron chi connectivity index (χ1n) is 10.9. The van der Waals surface area contributed by atoms with Crippen LogP contribution in [0.1, 0.15) is 21.5 Å². The summed E-state index contributed by atoms with van der Waals surface area (Å²) in [5.74, 6) is 2.31. The molecule has 34 heavy (non-hydrogen) atoms. The highest BCUT2D eigenvalue weighted by Gasteiger charge is 2.33. The minimum Gasteiger partial charge on any atom is -0.497 e. The van der Waals surface area contributed by atoms with Gasteiger partial charge in [-0.2, -0.15) is 0 Å². The third-order valence-electron chi connectivity index (χ3n) is 5.98. The standard InChI is InChI=1S/C28H20N2O4/c1-16-7-9-17(10-8-16)29-22-15-23(33-19-13-11-18(32-2)12-14-19)26-25-24(22)27(31)20-5-3-4-6-21(20)28(25)34-30-26/h3-15,29H,1-2H3. The number of carbonyl (C=O) groups excluding carboxylic acids is 1. The van der Waals surface area contributed by atoms with Crippen LogP contribution >= 0.6 is 0 Å². The van der Waals surface area contributed by atoms with Crippen LogP contribution in [0.2, 0.25) is 0 Å². The topological polar surface area (TPSA) is 73.6 Å². The lowest BCUT2D eigenvalue weighted by molar-refractivity contribution is 0.104. The molecule has 1 heterocycles. The van der Waals surface area contributed by atoms with E-state index in [1.54, 1.807) is 13.2 Å². The largest absolute Gasteiger partial charge is 0.497 e. The average molecular weight is 448 g/mol. The van der Waals surface area contributed by atoms with Crippen molar-refractivity contribution >= 4 is 28.1 Å². The van der Waals surface area contributed by atoms with Crippen LogP contribution in [0, 0.1) is 6.92 Å². The highest BCUT2D eigenvalue weighted by molar-refractivity contribution is 6.28. The van der Waals surface area contributed by atoms with E-state index in [-0.39, 0.29) is 5.78 Å². The summed E-state index contributed by atoms with van der Waals surface area (Å²) >= 11 is 0. The molecule has 1 aliphatic carbocycles. The fraction of sp³-hybridized carbons (Fsp3) is 0.0714. The predicted molar refractivity (Wildman–Crippen MR) is 130 cm³/mol. The van der Waals surface area contributed by atoms with E-state index in [9.17, 15) is 4.79 Å². The smallest absolute Gasteiger partial charge is 0.196 e. The Morgan fingerprint density at radius 3 is 2.32 bits per heavy atom. The molecule has 0 atom stereocenters. The third kappa shape index (κ3) is 3.19. The molecule has 6 rings (SSSR count). The summed E-state index contributed by atoms with van der Waals surface area (Å²) in [6, 6.07) is 24.5. The lowest BCUT2D eigenvalue weighted by Gasteiger charge is -2.19. The molecule has 0 aliphatic heterocycles. The summed E-state index contributed by atoms with van der Waals surface area (Å²) in [4.78, 5) is 13.6. The first-order chi connectivity index (χ1) is 16.6. The quantitative estimate of drug-likeness (QED) is 0.309. The zero-order valence-corrected chi connectivity index (χ0v) is 18.6. The number of carbonyl (C=O) groups is 1. The van der Waals surface area contributed by atoms with Crippen molar-refractivity contribution in [3.63, 3.8) is 0 Å². The molecular formula is C28H20N2O4. The number of nitrogens with zero attached hydrogens (tertiary/aromatic N) is 1. The van der Waals surface area contributed by atoms with Crippen LogP contribution in [0.5, 0.6) is 17.2 Å². The summed E-state index contributed by atoms with van der Waals surface area (Å²) in [6.45, 7) is 2.03. The van der Waals surface area contributed by atoms with Gasteiger partial charge in [0, 0.05) is 22.9 Å². The Balaban J connectivity index is 1.55. The molecule has 166 valence electrons. The van der Waals surface area contributed by atoms with E-state index in [4.69, 9.17) is 14.0 Å². The molecule has 1 aromatic heterocycles. The Kier molecular flexibility index (Phi) is 4.59. The summed E-state index contributed by atoms with van der Waals surface area (Å²) < 4.78 is 17.2. The first-order valence-corrected chi connectivity index (χ1v) is 10.9. The number of anilines is 2. The summed E-state index contributed by atoms with van der Waals surface area (Å²) in [7, 11) is 1.62. The van der Waals surface area contributed by atoms with Gasteiger partial charge in [0.15, 0.2) is 22.8 Å². The highest BCUT2D eigenvalue weighted by atomic mass is 16.5. The van der Waals surface area contributed by atoms with Crippen molar-refractivity contribution in [3.8, 4) is 28.6 Å². The summed E-state index contributed by atoms with van der Waals surface area (Å²) in [6.07, 6.45) is 0. The number of methoxy groups -OCH3 is 1. The maximum absolute atomic E-state index is 13.6. The van der Waals surface area contributed by atoms with Crippen molar-refractivity contribution in [2.24, 2.45) is 0 Å². The van der Waals surface area contributed by atoms with Gasteiger partial charge < -0.3 is 19.3 Å². The van der Waals surface area contributed by atoms with E-state index >= 15 is 0 Å². The monoisotopic (exact) mass is 448 g/mol. The predicted octanol–water partition coefficient (Wildman–Crippen LogP) is 6.89. The summed E-state index contributed by atoms with van der Waals surface area (Å²) in [5, 5.41) is 8.36. The fourth-order valence-corrected chi connectivity index (χ4v) is 4.27. The minimum absolute atomic E-state index is 0.0816. The molecule has 0 radical (unpaired) electrons. The Bertz CT molecular complexity index is 1550. The molecule has 0 saturated carbocycles. The van der Waals surface area contributed by atoms with E-state index in [2.05, 4.69) is 10.5 Å². The fourth-order valence-electron chi connectivity index (χ4n) is 4.27. The number of fused-ring (bicyclic) bond motifs is 2. The Labute approximate surface area is 195 Å². The molecule has 4 aromatic carbocycles. The number of rotatable bonds is 5. The lowest BCUT2D eigenvalue weighted by Crippen LogP contribution is -2.11. The van der Waals surface area contributed by atoms with E-state index in [0.717, 1.165) is 22.6 Å². The van der Waals surface area contributed by atoms with E-state index in [0.29, 0.717) is 45.0 Å². The molecule has 0 saturated heterocycles. The molecule has 5 aromatic rings. The number of aromatic nitrogens is 1. The normalized spacial score (nSPS) is 11.9. The number of ether oxygens (including phenoxy) is 2. The number of ketones is 1. The molecular weight excluding hydrogens is 428 g/mol. The Hall–Kier alpha value is -4.58. The number of hydrogen-bond donors (Lipinski definition) is 1. The number of nitrogens with one attached hydrogen (secondary N) is 1. The van der Waals surface area contributed by atoms with Gasteiger partial charge in [-0.1, -0.05) is 47.1 Å². The van der Waals surface area contributed by atoms with Gasteiger partial charge in [0.25, 0.3) is 0 Å². The summed E-state index contributed by atoms with van der Waals surface area (Å²) in [5.41, 5.74) is 4.97. The van der Waals surface area contributed by atoms with Crippen molar-refractivity contribution in [1.29, 1.82) is 0 Å². The zero-order chi connectivity index (χ0) is 23.2. The van der Waals surface area contributed by atoms with Gasteiger partial charge in [-0.25, -0.2) is 0 Å². The van der Waals surface area contributed by atoms with Gasteiger partial charge in [-0.05, 0) is 43.3 Å². The van der Waals surface area contributed by atoms with Crippen molar-refractivity contribution < 1.29 is 18.8 Å². The highest BCUT2D eigenvalue weighted by Crippen LogP contribution is 2.47. The van der Waals surface area contributed by atoms with Crippen LogP contribution in [0.4, 0.5) is 11.4 Å². The third-order valence-corrected chi connectivity index (χ3v) is 5.98. The van der Waals surface area contributed by atoms with E-state index < -0.39 is 0 Å². The van der Waals surface area contributed by atoms with Crippen LogP contribution in [0.3, 0.4) is 0 Å². The zero-order valence-electron chi connectivity index (χ0n) is 18.6. The minimum atomic E-state index is -0.0816. The molecule has 0 amide bonds. The maximum atomic E-state index is 13.6. The second-order valence-electron chi connectivity index (χ2n) is 8.18. The molecule has 6 heteroatoms. The molecule has 0 bridgehead atoms. The molecule has 1 N–H and O–H groups in total. The number of hydrogen-bond acceptors (Lipinski definition) is 6. The number of aryl methyl sites for hydroxylation is 1. The first kappa shape index (κ1) is 20.1. The average Bonchev–Trinajstić information content (AvgIpc) is 3.31. The van der Waals surface area contributed by atoms with Crippen LogP contribution in [0.15, 0.2) is 83.4 Å². The molecule has 0 unspecified atom stereocenters. The molecule has 0 fully saturated rings. The van der Waals surface area contributed by atoms with Crippen molar-refractivity contribution in [3.05, 3.63) is 95.6 Å².